The van der Waals surface area contributed by atoms with E-state index in [4.69, 9.17) is 37.5 Å². The molecule has 2 aromatic rings. The van der Waals surface area contributed by atoms with Crippen molar-refractivity contribution in [2.75, 3.05) is 19.8 Å². The first-order valence-electron chi connectivity index (χ1n) is 7.90. The summed E-state index contributed by atoms with van der Waals surface area (Å²) in [6.45, 7) is 0.442. The van der Waals surface area contributed by atoms with E-state index >= 15 is 0 Å². The Kier molecular flexibility index (Phi) is 8.41. The predicted molar refractivity (Wildman–Crippen MR) is 100 cm³/mol. The van der Waals surface area contributed by atoms with Crippen LogP contribution in [0.5, 0.6) is 11.6 Å². The number of benzene rings is 1. The van der Waals surface area contributed by atoms with Crippen LogP contribution in [0.25, 0.3) is 0 Å². The molecule has 0 spiro atoms. The number of hydrogen-bond donors (Lipinski definition) is 0. The number of nitrogens with zero attached hydrogens (tertiary/aromatic N) is 2. The summed E-state index contributed by atoms with van der Waals surface area (Å²) in [5, 5.41) is 3.77. The molecule has 0 saturated heterocycles. The number of halogens is 5. The summed E-state index contributed by atoms with van der Waals surface area (Å²) in [6, 6.07) is 9.09. The van der Waals surface area contributed by atoms with Crippen LogP contribution in [0.1, 0.15) is 11.1 Å². The monoisotopic (exact) mass is 434 g/mol. The van der Waals surface area contributed by atoms with Crippen LogP contribution in [0.4, 0.5) is 13.2 Å². The van der Waals surface area contributed by atoms with Crippen LogP contribution in [-0.2, 0) is 11.0 Å². The van der Waals surface area contributed by atoms with Crippen LogP contribution in [-0.4, -0.2) is 31.0 Å². The molecule has 0 N–H and O–H groups in total. The second kappa shape index (κ2) is 10.8. The van der Waals surface area contributed by atoms with Crippen LogP contribution in [0.2, 0.25) is 0 Å². The molecule has 0 atom stereocenters. The summed E-state index contributed by atoms with van der Waals surface area (Å²) in [5.74, 6) is 0.711. The van der Waals surface area contributed by atoms with Crippen LogP contribution in [0.15, 0.2) is 58.3 Å². The molecule has 1 aromatic heterocycles. The van der Waals surface area contributed by atoms with Gasteiger partial charge in [-0.1, -0.05) is 28.4 Å². The Labute approximate surface area is 169 Å². The lowest BCUT2D eigenvalue weighted by atomic mass is 10.2. The Hall–Kier alpha value is -2.45. The molecule has 0 aliphatic carbocycles. The maximum absolute atomic E-state index is 12.4. The largest absolute Gasteiger partial charge is 0.489 e. The maximum atomic E-state index is 12.4. The van der Waals surface area contributed by atoms with Gasteiger partial charge in [0.1, 0.15) is 23.5 Å². The van der Waals surface area contributed by atoms with Gasteiger partial charge in [0, 0.05) is 12.3 Å². The minimum Gasteiger partial charge on any atom is -0.489 e. The highest BCUT2D eigenvalue weighted by Crippen LogP contribution is 2.29. The van der Waals surface area contributed by atoms with Gasteiger partial charge in [0.15, 0.2) is 6.61 Å². The lowest BCUT2D eigenvalue weighted by Gasteiger charge is -2.07. The van der Waals surface area contributed by atoms with E-state index in [2.05, 4.69) is 10.1 Å². The number of ether oxygens (including phenoxy) is 2. The first-order valence-corrected chi connectivity index (χ1v) is 8.65. The van der Waals surface area contributed by atoms with Crippen molar-refractivity contribution in [1.82, 2.24) is 4.98 Å². The number of pyridine rings is 1. The van der Waals surface area contributed by atoms with Gasteiger partial charge in [0.2, 0.25) is 5.88 Å². The SMILES string of the molecule is FC(F)(F)c1ccc(OCCON=Cc2ccc(OCC=C(Cl)Cl)cc2)nc1. The van der Waals surface area contributed by atoms with E-state index in [1.165, 1.54) is 12.3 Å². The zero-order valence-electron chi connectivity index (χ0n) is 14.3. The molecule has 0 fully saturated rings. The minimum atomic E-state index is -4.43. The molecule has 0 aliphatic rings. The standard InChI is InChI=1S/C18H15Cl2F3N2O3/c19-16(20)7-8-26-15-4-1-13(2-5-15)11-25-28-10-9-27-17-6-3-14(12-24-17)18(21,22)23/h1-7,11-12H,8-10H2. The Morgan fingerprint density at radius 2 is 1.79 bits per heavy atom. The number of oxime groups is 1. The highest BCUT2D eigenvalue weighted by Gasteiger charge is 2.30. The van der Waals surface area contributed by atoms with Crippen molar-refractivity contribution in [2.45, 2.75) is 6.18 Å². The molecule has 0 bridgehead atoms. The van der Waals surface area contributed by atoms with E-state index in [-0.39, 0.29) is 30.2 Å². The number of rotatable bonds is 9. The number of alkyl halides is 3. The third-order valence-electron chi connectivity index (χ3n) is 3.13. The molecule has 0 saturated carbocycles. The zero-order valence-corrected chi connectivity index (χ0v) is 15.8. The Morgan fingerprint density at radius 3 is 2.39 bits per heavy atom. The van der Waals surface area contributed by atoms with Crippen molar-refractivity contribution in [2.24, 2.45) is 5.16 Å². The van der Waals surface area contributed by atoms with E-state index in [1.54, 1.807) is 24.3 Å². The zero-order chi connectivity index (χ0) is 20.4. The van der Waals surface area contributed by atoms with Crippen molar-refractivity contribution in [1.29, 1.82) is 0 Å². The summed E-state index contributed by atoms with van der Waals surface area (Å²) < 4.78 is 48.0. The maximum Gasteiger partial charge on any atom is 0.417 e. The lowest BCUT2D eigenvalue weighted by molar-refractivity contribution is -0.137. The van der Waals surface area contributed by atoms with Gasteiger partial charge in [0.05, 0.1) is 11.8 Å². The fraction of sp³-hybridized carbons (Fsp3) is 0.222. The van der Waals surface area contributed by atoms with E-state index in [1.807, 2.05) is 0 Å². The molecular formula is C18H15Cl2F3N2O3. The third kappa shape index (κ3) is 8.06. The highest BCUT2D eigenvalue weighted by molar-refractivity contribution is 6.55. The fourth-order valence-corrected chi connectivity index (χ4v) is 1.94. The average Bonchev–Trinajstić information content (AvgIpc) is 2.65. The molecule has 0 unspecified atom stereocenters. The molecule has 0 radical (unpaired) electrons. The average molecular weight is 435 g/mol. The van der Waals surface area contributed by atoms with Gasteiger partial charge < -0.3 is 14.3 Å². The normalized spacial score (nSPS) is 11.3. The molecule has 150 valence electrons. The minimum absolute atomic E-state index is 0.0708. The topological polar surface area (TPSA) is 52.9 Å². The van der Waals surface area contributed by atoms with Crippen LogP contribution >= 0.6 is 23.2 Å². The molecule has 0 aliphatic heterocycles. The third-order valence-corrected chi connectivity index (χ3v) is 3.44. The first kappa shape index (κ1) is 21.8. The summed E-state index contributed by atoms with van der Waals surface area (Å²) in [4.78, 5) is 8.61. The Balaban J connectivity index is 1.67. The van der Waals surface area contributed by atoms with E-state index in [0.717, 1.165) is 17.7 Å². The highest BCUT2D eigenvalue weighted by atomic mass is 35.5. The van der Waals surface area contributed by atoms with Crippen molar-refractivity contribution < 1.29 is 27.5 Å². The van der Waals surface area contributed by atoms with Gasteiger partial charge in [-0.3, -0.25) is 0 Å². The fourth-order valence-electron chi connectivity index (χ4n) is 1.82. The Bertz CT molecular complexity index is 791. The van der Waals surface area contributed by atoms with Crippen molar-refractivity contribution in [3.05, 3.63) is 64.3 Å². The molecule has 10 heteroatoms. The molecule has 28 heavy (non-hydrogen) atoms. The first-order chi connectivity index (χ1) is 13.3. The van der Waals surface area contributed by atoms with Crippen molar-refractivity contribution in [3.63, 3.8) is 0 Å². The van der Waals surface area contributed by atoms with E-state index < -0.39 is 11.7 Å². The van der Waals surface area contributed by atoms with Crippen LogP contribution in [0.3, 0.4) is 0 Å². The second-order valence-electron chi connectivity index (χ2n) is 5.17. The van der Waals surface area contributed by atoms with Gasteiger partial charge in [-0.15, -0.1) is 0 Å². The molecule has 2 rings (SSSR count). The quantitative estimate of drug-likeness (QED) is 0.308. The van der Waals surface area contributed by atoms with Gasteiger partial charge in [-0.25, -0.2) is 4.98 Å². The summed E-state index contributed by atoms with van der Waals surface area (Å²) in [7, 11) is 0. The summed E-state index contributed by atoms with van der Waals surface area (Å²) in [6.07, 6.45) is -0.699. The van der Waals surface area contributed by atoms with Crippen molar-refractivity contribution >= 4 is 29.4 Å². The van der Waals surface area contributed by atoms with Gasteiger partial charge in [-0.2, -0.15) is 13.2 Å². The van der Waals surface area contributed by atoms with E-state index in [9.17, 15) is 13.2 Å². The second-order valence-corrected chi connectivity index (χ2v) is 6.18. The van der Waals surface area contributed by atoms with Gasteiger partial charge >= 0.3 is 6.18 Å². The Morgan fingerprint density at radius 1 is 1.04 bits per heavy atom. The van der Waals surface area contributed by atoms with Gasteiger partial charge in [-0.05, 0) is 42.0 Å². The summed E-state index contributed by atoms with van der Waals surface area (Å²) >= 11 is 11.0. The van der Waals surface area contributed by atoms with Crippen LogP contribution in [0, 0.1) is 0 Å². The predicted octanol–water partition coefficient (Wildman–Crippen LogP) is 5.23. The number of aromatic nitrogens is 1. The summed E-state index contributed by atoms with van der Waals surface area (Å²) in [5.41, 5.74) is -0.0555. The smallest absolute Gasteiger partial charge is 0.417 e. The van der Waals surface area contributed by atoms with E-state index in [0.29, 0.717) is 11.9 Å². The molecular weight excluding hydrogens is 420 g/mol. The number of hydrogen-bond acceptors (Lipinski definition) is 5. The van der Waals surface area contributed by atoms with Gasteiger partial charge in [0.25, 0.3) is 0 Å². The van der Waals surface area contributed by atoms with Crippen molar-refractivity contribution in [3.8, 4) is 11.6 Å². The molecule has 5 nitrogen and oxygen atoms in total. The molecule has 1 aromatic carbocycles. The molecule has 0 amide bonds. The molecule has 1 heterocycles. The lowest BCUT2D eigenvalue weighted by Crippen LogP contribution is -2.08. The van der Waals surface area contributed by atoms with Crippen LogP contribution < -0.4 is 9.47 Å².